The summed E-state index contributed by atoms with van der Waals surface area (Å²) in [4.78, 5) is 23.0. The van der Waals surface area contributed by atoms with Crippen LogP contribution in [0.3, 0.4) is 0 Å². The van der Waals surface area contributed by atoms with E-state index in [0.29, 0.717) is 13.0 Å². The maximum Gasteiger partial charge on any atom is 0.309 e. The standard InChI is InChI=1S/C14H19NO3/c1-14(2,13(17)18)8-9-15-11-5-3-4-10(11)6-7-12(15)16/h6-7H,3-5,8-9H2,1-2H3,(H,17,18). The minimum absolute atomic E-state index is 0.0168. The number of hydrogen-bond acceptors (Lipinski definition) is 2. The van der Waals surface area contributed by atoms with Crippen molar-refractivity contribution in [3.05, 3.63) is 33.7 Å². The van der Waals surface area contributed by atoms with Crippen molar-refractivity contribution in [1.29, 1.82) is 0 Å². The first-order valence-corrected chi connectivity index (χ1v) is 6.37. The van der Waals surface area contributed by atoms with Crippen LogP contribution in [0.5, 0.6) is 0 Å². The van der Waals surface area contributed by atoms with Crippen LogP contribution >= 0.6 is 0 Å². The van der Waals surface area contributed by atoms with Crippen molar-refractivity contribution in [2.45, 2.75) is 46.1 Å². The maximum atomic E-state index is 11.9. The molecule has 0 unspecified atom stereocenters. The number of aromatic nitrogens is 1. The Morgan fingerprint density at radius 3 is 2.78 bits per heavy atom. The number of hydrogen-bond donors (Lipinski definition) is 1. The van der Waals surface area contributed by atoms with Crippen molar-refractivity contribution < 1.29 is 9.90 Å². The van der Waals surface area contributed by atoms with E-state index in [1.807, 2.05) is 6.07 Å². The van der Waals surface area contributed by atoms with Crippen LogP contribution in [0.2, 0.25) is 0 Å². The smallest absolute Gasteiger partial charge is 0.309 e. The highest BCUT2D eigenvalue weighted by Gasteiger charge is 2.27. The lowest BCUT2D eigenvalue weighted by molar-refractivity contribution is -0.147. The third-order valence-corrected chi connectivity index (χ3v) is 3.79. The minimum Gasteiger partial charge on any atom is -0.481 e. The Bertz CT molecular complexity index is 528. The number of rotatable bonds is 4. The van der Waals surface area contributed by atoms with Crippen LogP contribution in [0.1, 0.15) is 37.9 Å². The zero-order chi connectivity index (χ0) is 13.3. The van der Waals surface area contributed by atoms with Crippen LogP contribution in [-0.2, 0) is 24.2 Å². The summed E-state index contributed by atoms with van der Waals surface area (Å²) in [5.74, 6) is -0.817. The van der Waals surface area contributed by atoms with E-state index >= 15 is 0 Å². The average molecular weight is 249 g/mol. The number of fused-ring (bicyclic) bond motifs is 1. The summed E-state index contributed by atoms with van der Waals surface area (Å²) in [6, 6.07) is 3.50. The number of carboxylic acid groups (broad SMARTS) is 1. The molecule has 0 fully saturated rings. The Hall–Kier alpha value is -1.58. The summed E-state index contributed by atoms with van der Waals surface area (Å²) in [7, 11) is 0. The van der Waals surface area contributed by atoms with E-state index < -0.39 is 11.4 Å². The predicted molar refractivity (Wildman–Crippen MR) is 68.8 cm³/mol. The Kier molecular flexibility index (Phi) is 3.28. The zero-order valence-electron chi connectivity index (χ0n) is 10.9. The molecule has 1 aliphatic rings. The third kappa shape index (κ3) is 2.33. The SMILES string of the molecule is CC(C)(CCn1c2c(ccc1=O)CCC2)C(=O)O. The molecule has 4 nitrogen and oxygen atoms in total. The van der Waals surface area contributed by atoms with Gasteiger partial charge in [-0.3, -0.25) is 9.59 Å². The molecule has 0 bridgehead atoms. The van der Waals surface area contributed by atoms with Gasteiger partial charge in [-0.25, -0.2) is 0 Å². The van der Waals surface area contributed by atoms with E-state index in [9.17, 15) is 9.59 Å². The summed E-state index contributed by atoms with van der Waals surface area (Å²) in [5, 5.41) is 9.09. The van der Waals surface area contributed by atoms with E-state index in [1.165, 1.54) is 5.56 Å². The Balaban J connectivity index is 2.23. The molecule has 1 aromatic heterocycles. The Labute approximate surface area is 106 Å². The van der Waals surface area contributed by atoms with Gasteiger partial charge in [-0.05, 0) is 45.1 Å². The Morgan fingerprint density at radius 1 is 1.39 bits per heavy atom. The van der Waals surface area contributed by atoms with E-state index in [1.54, 1.807) is 24.5 Å². The molecule has 1 heterocycles. The second kappa shape index (κ2) is 4.59. The first-order valence-electron chi connectivity index (χ1n) is 6.37. The first kappa shape index (κ1) is 12.9. The van der Waals surface area contributed by atoms with E-state index in [0.717, 1.165) is 25.0 Å². The van der Waals surface area contributed by atoms with E-state index in [-0.39, 0.29) is 5.56 Å². The molecule has 0 spiro atoms. The average Bonchev–Trinajstić information content (AvgIpc) is 2.75. The molecule has 0 saturated carbocycles. The van der Waals surface area contributed by atoms with Gasteiger partial charge in [0.25, 0.3) is 5.56 Å². The summed E-state index contributed by atoms with van der Waals surface area (Å²) >= 11 is 0. The van der Waals surface area contributed by atoms with Crippen molar-refractivity contribution in [1.82, 2.24) is 4.57 Å². The van der Waals surface area contributed by atoms with Gasteiger partial charge in [-0.1, -0.05) is 6.07 Å². The second-order valence-corrected chi connectivity index (χ2v) is 5.59. The van der Waals surface area contributed by atoms with Crippen LogP contribution in [0.25, 0.3) is 0 Å². The maximum absolute atomic E-state index is 11.9. The highest BCUT2D eigenvalue weighted by Crippen LogP contribution is 2.24. The quantitative estimate of drug-likeness (QED) is 0.885. The number of carbonyl (C=O) groups is 1. The normalized spacial score (nSPS) is 14.6. The third-order valence-electron chi connectivity index (χ3n) is 3.79. The molecule has 0 saturated heterocycles. The largest absolute Gasteiger partial charge is 0.481 e. The van der Waals surface area contributed by atoms with Crippen molar-refractivity contribution in [3.8, 4) is 0 Å². The van der Waals surface area contributed by atoms with E-state index in [2.05, 4.69) is 0 Å². The summed E-state index contributed by atoms with van der Waals surface area (Å²) < 4.78 is 1.76. The second-order valence-electron chi connectivity index (χ2n) is 5.59. The molecule has 0 radical (unpaired) electrons. The lowest BCUT2D eigenvalue weighted by atomic mass is 9.89. The fraction of sp³-hybridized carbons (Fsp3) is 0.571. The highest BCUT2D eigenvalue weighted by molar-refractivity contribution is 5.73. The van der Waals surface area contributed by atoms with Gasteiger partial charge in [0.1, 0.15) is 0 Å². The summed E-state index contributed by atoms with van der Waals surface area (Å²) in [6.45, 7) is 3.88. The highest BCUT2D eigenvalue weighted by atomic mass is 16.4. The van der Waals surface area contributed by atoms with Crippen LogP contribution in [-0.4, -0.2) is 15.6 Å². The van der Waals surface area contributed by atoms with Crippen LogP contribution < -0.4 is 5.56 Å². The molecule has 4 heteroatoms. The van der Waals surface area contributed by atoms with Gasteiger partial charge in [-0.2, -0.15) is 0 Å². The molecule has 18 heavy (non-hydrogen) atoms. The fourth-order valence-corrected chi connectivity index (χ4v) is 2.38. The minimum atomic E-state index is -0.817. The van der Waals surface area contributed by atoms with Gasteiger partial charge in [0.2, 0.25) is 0 Å². The van der Waals surface area contributed by atoms with Crippen LogP contribution in [0.15, 0.2) is 16.9 Å². The monoisotopic (exact) mass is 249 g/mol. The predicted octanol–water partition coefficient (Wildman–Crippen LogP) is 1.84. The molecule has 1 aliphatic carbocycles. The van der Waals surface area contributed by atoms with Gasteiger partial charge in [-0.15, -0.1) is 0 Å². The molecule has 0 aromatic carbocycles. The Morgan fingerprint density at radius 2 is 2.11 bits per heavy atom. The van der Waals surface area contributed by atoms with Crippen molar-refractivity contribution in [3.63, 3.8) is 0 Å². The van der Waals surface area contributed by atoms with Crippen LogP contribution in [0, 0.1) is 5.41 Å². The summed E-state index contributed by atoms with van der Waals surface area (Å²) in [5.41, 5.74) is 1.53. The van der Waals surface area contributed by atoms with Gasteiger partial charge >= 0.3 is 5.97 Å². The van der Waals surface area contributed by atoms with Crippen molar-refractivity contribution in [2.24, 2.45) is 5.41 Å². The van der Waals surface area contributed by atoms with Gasteiger partial charge in [0.15, 0.2) is 0 Å². The number of aryl methyl sites for hydroxylation is 1. The molecular weight excluding hydrogens is 230 g/mol. The molecule has 1 aromatic rings. The van der Waals surface area contributed by atoms with Gasteiger partial charge in [0.05, 0.1) is 5.41 Å². The number of pyridine rings is 1. The van der Waals surface area contributed by atoms with Gasteiger partial charge in [0, 0.05) is 18.3 Å². The molecule has 0 amide bonds. The molecule has 98 valence electrons. The van der Waals surface area contributed by atoms with Crippen LogP contribution in [0.4, 0.5) is 0 Å². The summed E-state index contributed by atoms with van der Waals surface area (Å²) in [6.07, 6.45) is 3.51. The molecule has 0 aliphatic heterocycles. The topological polar surface area (TPSA) is 59.3 Å². The van der Waals surface area contributed by atoms with Crippen molar-refractivity contribution >= 4 is 5.97 Å². The lowest BCUT2D eigenvalue weighted by Gasteiger charge is -2.20. The van der Waals surface area contributed by atoms with E-state index in [4.69, 9.17) is 5.11 Å². The molecule has 1 N–H and O–H groups in total. The lowest BCUT2D eigenvalue weighted by Crippen LogP contribution is -2.29. The number of nitrogens with zero attached hydrogens (tertiary/aromatic N) is 1. The molecular formula is C14H19NO3. The number of carboxylic acids is 1. The molecule has 2 rings (SSSR count). The molecule has 0 atom stereocenters. The fourth-order valence-electron chi connectivity index (χ4n) is 2.38. The zero-order valence-corrected chi connectivity index (χ0v) is 10.9. The first-order chi connectivity index (χ1) is 8.42. The number of aliphatic carboxylic acids is 1. The van der Waals surface area contributed by atoms with Gasteiger partial charge < -0.3 is 9.67 Å². The van der Waals surface area contributed by atoms with Crippen molar-refractivity contribution in [2.75, 3.05) is 0 Å².